The molecule has 2 heterocycles. The monoisotopic (exact) mass is 316 g/mol. The first kappa shape index (κ1) is 17.1. The van der Waals surface area contributed by atoms with Crippen LogP contribution in [0.3, 0.4) is 0 Å². The first-order chi connectivity index (χ1) is 10.8. The molecule has 2 rings (SSSR count). The predicted molar refractivity (Wildman–Crippen MR) is 86.4 cm³/mol. The van der Waals surface area contributed by atoms with Gasteiger partial charge in [0.15, 0.2) is 0 Å². The van der Waals surface area contributed by atoms with Crippen molar-refractivity contribution in [3.8, 4) is 0 Å². The Labute approximate surface area is 136 Å². The number of amides is 1. The molecule has 23 heavy (non-hydrogen) atoms. The van der Waals surface area contributed by atoms with Gasteiger partial charge in [-0.2, -0.15) is 0 Å². The van der Waals surface area contributed by atoms with Crippen LogP contribution in [0.15, 0.2) is 24.5 Å². The third-order valence-electron chi connectivity index (χ3n) is 3.50. The molecule has 0 bridgehead atoms. The number of aryl methyl sites for hydroxylation is 2. The Hall–Kier alpha value is -2.31. The van der Waals surface area contributed by atoms with Gasteiger partial charge in [-0.05, 0) is 40.8 Å². The van der Waals surface area contributed by atoms with E-state index in [-0.39, 0.29) is 17.4 Å². The maximum atomic E-state index is 12.3. The Balaban J connectivity index is 1.99. The van der Waals surface area contributed by atoms with E-state index in [0.717, 1.165) is 12.0 Å². The van der Waals surface area contributed by atoms with Crippen LogP contribution >= 0.6 is 0 Å². The van der Waals surface area contributed by atoms with Gasteiger partial charge in [-0.3, -0.25) is 9.78 Å². The Morgan fingerprint density at radius 2 is 2.17 bits per heavy atom. The fourth-order valence-electron chi connectivity index (χ4n) is 2.38. The number of hydrogen-bond acceptors (Lipinski definition) is 5. The van der Waals surface area contributed by atoms with E-state index >= 15 is 0 Å². The normalized spacial score (nSPS) is 12.9. The molecular formula is C16H24N6O. The van der Waals surface area contributed by atoms with Crippen LogP contribution in [0.25, 0.3) is 0 Å². The largest absolute Gasteiger partial charge is 0.349 e. The summed E-state index contributed by atoms with van der Waals surface area (Å²) in [4.78, 5) is 16.5. The second-order valence-corrected chi connectivity index (χ2v) is 6.87. The topological polar surface area (TPSA) is 85.6 Å². The summed E-state index contributed by atoms with van der Waals surface area (Å²) in [6, 6.07) is 3.84. The molecular weight excluding hydrogens is 292 g/mol. The first-order valence-electron chi connectivity index (χ1n) is 7.77. The van der Waals surface area contributed by atoms with Crippen LogP contribution in [0.4, 0.5) is 0 Å². The van der Waals surface area contributed by atoms with Gasteiger partial charge in [-0.1, -0.05) is 26.8 Å². The fraction of sp³-hybridized carbons (Fsp3) is 0.562. The zero-order chi connectivity index (χ0) is 16.9. The summed E-state index contributed by atoms with van der Waals surface area (Å²) in [7, 11) is 0. The summed E-state index contributed by atoms with van der Waals surface area (Å²) in [5, 5.41) is 14.4. The van der Waals surface area contributed by atoms with Crippen molar-refractivity contribution in [2.45, 2.75) is 53.1 Å². The molecule has 0 saturated heterocycles. The lowest BCUT2D eigenvalue weighted by Crippen LogP contribution is -2.32. The highest BCUT2D eigenvalue weighted by Crippen LogP contribution is 2.29. The van der Waals surface area contributed by atoms with Crippen molar-refractivity contribution in [3.63, 3.8) is 0 Å². The molecule has 0 radical (unpaired) electrons. The first-order valence-corrected chi connectivity index (χ1v) is 7.77. The van der Waals surface area contributed by atoms with Crippen LogP contribution in [-0.2, 0) is 11.3 Å². The molecule has 0 fully saturated rings. The Morgan fingerprint density at radius 1 is 1.39 bits per heavy atom. The number of tetrazole rings is 1. The van der Waals surface area contributed by atoms with Crippen molar-refractivity contribution in [1.82, 2.24) is 30.5 Å². The molecule has 7 heteroatoms. The van der Waals surface area contributed by atoms with E-state index < -0.39 is 0 Å². The molecule has 0 saturated carbocycles. The van der Waals surface area contributed by atoms with Crippen LogP contribution < -0.4 is 5.32 Å². The van der Waals surface area contributed by atoms with Crippen LogP contribution in [0.1, 0.15) is 51.0 Å². The van der Waals surface area contributed by atoms with Gasteiger partial charge in [-0.25, -0.2) is 4.68 Å². The quantitative estimate of drug-likeness (QED) is 0.881. The molecule has 1 N–H and O–H groups in total. The highest BCUT2D eigenvalue weighted by Gasteiger charge is 2.22. The van der Waals surface area contributed by atoms with E-state index in [1.54, 1.807) is 10.9 Å². The summed E-state index contributed by atoms with van der Waals surface area (Å²) in [5.74, 6) is 0.689. The van der Waals surface area contributed by atoms with Crippen LogP contribution in [0, 0.1) is 12.3 Å². The van der Waals surface area contributed by atoms with Crippen LogP contribution in [-0.4, -0.2) is 31.1 Å². The molecule has 0 aliphatic carbocycles. The molecule has 1 atom stereocenters. The Kier molecular flexibility index (Phi) is 5.41. The number of aromatic nitrogens is 5. The molecule has 0 unspecified atom stereocenters. The minimum Gasteiger partial charge on any atom is -0.349 e. The van der Waals surface area contributed by atoms with Gasteiger partial charge >= 0.3 is 0 Å². The van der Waals surface area contributed by atoms with Gasteiger partial charge in [0.1, 0.15) is 5.82 Å². The smallest absolute Gasteiger partial charge is 0.222 e. The van der Waals surface area contributed by atoms with Crippen molar-refractivity contribution in [3.05, 3.63) is 35.9 Å². The van der Waals surface area contributed by atoms with E-state index in [9.17, 15) is 4.79 Å². The molecule has 7 nitrogen and oxygen atoms in total. The molecule has 0 aliphatic heterocycles. The minimum atomic E-state index is -0.0498. The summed E-state index contributed by atoms with van der Waals surface area (Å²) < 4.78 is 1.63. The third kappa shape index (κ3) is 5.43. The molecule has 124 valence electrons. The lowest BCUT2D eigenvalue weighted by molar-refractivity contribution is -0.122. The lowest BCUT2D eigenvalue weighted by Gasteiger charge is -2.27. The maximum absolute atomic E-state index is 12.3. The van der Waals surface area contributed by atoms with Gasteiger partial charge in [0.05, 0.1) is 12.6 Å². The molecule has 1 amide bonds. The number of rotatable bonds is 6. The number of pyridine rings is 1. The second-order valence-electron chi connectivity index (χ2n) is 6.87. The number of nitrogens with one attached hydrogen (secondary N) is 1. The number of hydrogen-bond donors (Lipinski definition) is 1. The van der Waals surface area contributed by atoms with Crippen molar-refractivity contribution in [2.24, 2.45) is 5.41 Å². The zero-order valence-electron chi connectivity index (χ0n) is 14.2. The molecule has 0 aliphatic rings. The highest BCUT2D eigenvalue weighted by atomic mass is 16.1. The molecule has 2 aromatic rings. The molecule has 0 aromatic carbocycles. The van der Waals surface area contributed by atoms with E-state index in [0.29, 0.717) is 18.8 Å². The van der Waals surface area contributed by atoms with E-state index in [4.69, 9.17) is 0 Å². The third-order valence-corrected chi connectivity index (χ3v) is 3.50. The van der Waals surface area contributed by atoms with E-state index in [1.807, 2.05) is 25.3 Å². The minimum absolute atomic E-state index is 0.0157. The molecule has 2 aromatic heterocycles. The van der Waals surface area contributed by atoms with E-state index in [1.165, 1.54) is 0 Å². The standard InChI is InChI=1S/C16H24N6O/c1-12-19-20-21-22(12)9-7-15(23)18-14(10-16(2,3)4)13-6-5-8-17-11-13/h5-6,8,11,14H,7,9-10H2,1-4H3,(H,18,23)/t14-/m0/s1. The van der Waals surface area contributed by atoms with Crippen LogP contribution in [0.2, 0.25) is 0 Å². The Bertz CT molecular complexity index is 632. The van der Waals surface area contributed by atoms with Crippen molar-refractivity contribution in [1.29, 1.82) is 0 Å². The lowest BCUT2D eigenvalue weighted by atomic mass is 9.86. The van der Waals surface area contributed by atoms with Crippen molar-refractivity contribution in [2.75, 3.05) is 0 Å². The van der Waals surface area contributed by atoms with Gasteiger partial charge in [-0.15, -0.1) is 5.10 Å². The molecule has 0 spiro atoms. The SMILES string of the molecule is Cc1nnnn1CCC(=O)N[C@@H](CC(C)(C)C)c1cccnc1. The number of nitrogens with zero attached hydrogens (tertiary/aromatic N) is 5. The van der Waals surface area contributed by atoms with E-state index in [2.05, 4.69) is 46.6 Å². The predicted octanol–water partition coefficient (Wildman–Crippen LogP) is 2.06. The summed E-state index contributed by atoms with van der Waals surface area (Å²) in [5.41, 5.74) is 1.12. The van der Waals surface area contributed by atoms with Gasteiger partial charge in [0.2, 0.25) is 5.91 Å². The van der Waals surface area contributed by atoms with Gasteiger partial charge < -0.3 is 5.32 Å². The average Bonchev–Trinajstić information content (AvgIpc) is 2.89. The second kappa shape index (κ2) is 7.30. The number of carbonyl (C=O) groups is 1. The Morgan fingerprint density at radius 3 is 2.74 bits per heavy atom. The number of carbonyl (C=O) groups excluding carboxylic acids is 1. The maximum Gasteiger partial charge on any atom is 0.222 e. The van der Waals surface area contributed by atoms with Crippen molar-refractivity contribution >= 4 is 5.91 Å². The average molecular weight is 316 g/mol. The van der Waals surface area contributed by atoms with Crippen molar-refractivity contribution < 1.29 is 4.79 Å². The zero-order valence-corrected chi connectivity index (χ0v) is 14.2. The summed E-state index contributed by atoms with van der Waals surface area (Å²) >= 11 is 0. The fourth-order valence-corrected chi connectivity index (χ4v) is 2.38. The summed E-state index contributed by atoms with van der Waals surface area (Å²) in [6.45, 7) is 8.77. The summed E-state index contributed by atoms with van der Waals surface area (Å²) in [6.07, 6.45) is 4.73. The van der Waals surface area contributed by atoms with Crippen LogP contribution in [0.5, 0.6) is 0 Å². The van der Waals surface area contributed by atoms with Gasteiger partial charge in [0, 0.05) is 18.8 Å². The van der Waals surface area contributed by atoms with Gasteiger partial charge in [0.25, 0.3) is 0 Å². The highest BCUT2D eigenvalue weighted by molar-refractivity contribution is 5.76.